The van der Waals surface area contributed by atoms with E-state index in [0.29, 0.717) is 34.0 Å². The summed E-state index contributed by atoms with van der Waals surface area (Å²) in [5.41, 5.74) is 2.79. The van der Waals surface area contributed by atoms with Crippen LogP contribution in [0.15, 0.2) is 34.9 Å². The number of likely N-dealkylation sites (tertiary alicyclic amines) is 1. The van der Waals surface area contributed by atoms with Crippen LogP contribution in [0.4, 0.5) is 4.39 Å². The first-order valence-electron chi connectivity index (χ1n) is 9.53. The molecular weight excluding hydrogens is 359 g/mol. The van der Waals surface area contributed by atoms with E-state index in [-0.39, 0.29) is 11.7 Å². The van der Waals surface area contributed by atoms with Crippen LogP contribution in [-0.2, 0) is 0 Å². The zero-order chi connectivity index (χ0) is 19.7. The maximum atomic E-state index is 13.4. The molecule has 1 aliphatic rings. The van der Waals surface area contributed by atoms with Gasteiger partial charge in [-0.05, 0) is 69.6 Å². The molecule has 1 amide bonds. The third kappa shape index (κ3) is 3.49. The number of nitrogens with zero attached hydrogens (tertiary/aromatic N) is 3. The van der Waals surface area contributed by atoms with E-state index < -0.39 is 0 Å². The number of aryl methyl sites for hydroxylation is 1. The maximum absolute atomic E-state index is 13.4. The number of pyridine rings is 1. The summed E-state index contributed by atoms with van der Waals surface area (Å²) in [5.74, 6) is 0.0866. The van der Waals surface area contributed by atoms with Gasteiger partial charge in [0.15, 0.2) is 0 Å². The zero-order valence-electron chi connectivity index (χ0n) is 16.0. The van der Waals surface area contributed by atoms with Crippen molar-refractivity contribution in [1.82, 2.24) is 20.4 Å². The zero-order valence-corrected chi connectivity index (χ0v) is 16.0. The molecule has 1 aliphatic heterocycles. The molecule has 4 rings (SSSR count). The lowest BCUT2D eigenvalue weighted by molar-refractivity contribution is 0.0676. The first-order chi connectivity index (χ1) is 13.6. The summed E-state index contributed by atoms with van der Waals surface area (Å²) in [6.45, 7) is 4.16. The van der Waals surface area contributed by atoms with Gasteiger partial charge in [0.25, 0.3) is 11.6 Å². The second-order valence-electron chi connectivity index (χ2n) is 7.33. The fourth-order valence-electron chi connectivity index (χ4n) is 3.91. The molecule has 146 valence electrons. The Morgan fingerprint density at radius 2 is 2.14 bits per heavy atom. The highest BCUT2D eigenvalue weighted by atomic mass is 19.1. The van der Waals surface area contributed by atoms with Crippen LogP contribution < -0.4 is 5.32 Å². The molecule has 0 bridgehead atoms. The fraction of sp³-hybridized carbons (Fsp3) is 0.381. The van der Waals surface area contributed by atoms with Gasteiger partial charge in [-0.1, -0.05) is 5.16 Å². The van der Waals surface area contributed by atoms with Gasteiger partial charge in [0.2, 0.25) is 0 Å². The molecule has 1 aromatic carbocycles. The van der Waals surface area contributed by atoms with Gasteiger partial charge in [-0.25, -0.2) is 9.37 Å². The molecule has 3 heterocycles. The van der Waals surface area contributed by atoms with E-state index in [4.69, 9.17) is 4.52 Å². The van der Waals surface area contributed by atoms with E-state index in [1.54, 1.807) is 18.2 Å². The third-order valence-corrected chi connectivity index (χ3v) is 5.29. The SMILES string of the molecule is CNCC1CCCN(C(=O)c2cc(-c3ccc(F)cc3)nc3onc(C)c23)C1. The first-order valence-corrected chi connectivity index (χ1v) is 9.53. The molecule has 0 radical (unpaired) electrons. The van der Waals surface area contributed by atoms with Crippen LogP contribution in [0.2, 0.25) is 0 Å². The number of nitrogens with one attached hydrogen (secondary N) is 1. The van der Waals surface area contributed by atoms with Crippen LogP contribution in [0, 0.1) is 18.7 Å². The van der Waals surface area contributed by atoms with E-state index in [9.17, 15) is 9.18 Å². The van der Waals surface area contributed by atoms with Crippen LogP contribution in [-0.4, -0.2) is 47.6 Å². The second kappa shape index (κ2) is 7.67. The molecule has 1 N–H and O–H groups in total. The Hall–Kier alpha value is -2.80. The van der Waals surface area contributed by atoms with Gasteiger partial charge in [0.1, 0.15) is 5.82 Å². The normalized spacial score (nSPS) is 17.2. The van der Waals surface area contributed by atoms with Gasteiger partial charge < -0.3 is 14.7 Å². The summed E-state index contributed by atoms with van der Waals surface area (Å²) in [6.07, 6.45) is 2.10. The van der Waals surface area contributed by atoms with Gasteiger partial charge >= 0.3 is 0 Å². The predicted octanol–water partition coefficient (Wildman–Crippen LogP) is 3.41. The highest BCUT2D eigenvalue weighted by molar-refractivity contribution is 6.07. The number of aromatic nitrogens is 2. The van der Waals surface area contributed by atoms with Gasteiger partial charge in [0.05, 0.1) is 22.3 Å². The van der Waals surface area contributed by atoms with E-state index >= 15 is 0 Å². The summed E-state index contributed by atoms with van der Waals surface area (Å²) in [4.78, 5) is 19.8. The van der Waals surface area contributed by atoms with Crippen molar-refractivity contribution in [1.29, 1.82) is 0 Å². The summed E-state index contributed by atoms with van der Waals surface area (Å²) >= 11 is 0. The van der Waals surface area contributed by atoms with E-state index in [2.05, 4.69) is 15.5 Å². The number of hydrogen-bond donors (Lipinski definition) is 1. The minimum atomic E-state index is -0.319. The number of piperidine rings is 1. The minimum Gasteiger partial charge on any atom is -0.338 e. The highest BCUT2D eigenvalue weighted by Crippen LogP contribution is 2.29. The third-order valence-electron chi connectivity index (χ3n) is 5.29. The predicted molar refractivity (Wildman–Crippen MR) is 104 cm³/mol. The standard InChI is InChI=1S/C21H23FN4O2/c1-13-19-17(21(27)26-9-3-4-14(12-26)11-23-2)10-18(24-20(19)28-25-13)15-5-7-16(22)8-6-15/h5-8,10,14,23H,3-4,9,11-12H2,1-2H3. The molecule has 0 spiro atoms. The topological polar surface area (TPSA) is 71.3 Å². The summed E-state index contributed by atoms with van der Waals surface area (Å²) in [6, 6.07) is 7.81. The Labute approximate surface area is 162 Å². The van der Waals surface area contributed by atoms with Crippen LogP contribution in [0.1, 0.15) is 28.9 Å². The molecule has 28 heavy (non-hydrogen) atoms. The average Bonchev–Trinajstić information content (AvgIpc) is 3.09. The Balaban J connectivity index is 1.75. The van der Waals surface area contributed by atoms with Crippen molar-refractivity contribution in [3.8, 4) is 11.3 Å². The molecule has 3 aromatic rings. The quantitative estimate of drug-likeness (QED) is 0.749. The van der Waals surface area contributed by atoms with Gasteiger partial charge in [0, 0.05) is 18.7 Å². The molecule has 1 saturated heterocycles. The largest absolute Gasteiger partial charge is 0.338 e. The van der Waals surface area contributed by atoms with E-state index in [1.807, 2.05) is 18.9 Å². The van der Waals surface area contributed by atoms with Crippen molar-refractivity contribution < 1.29 is 13.7 Å². The molecule has 0 saturated carbocycles. The minimum absolute atomic E-state index is 0.0390. The van der Waals surface area contributed by atoms with E-state index in [0.717, 1.165) is 38.0 Å². The van der Waals surface area contributed by atoms with Crippen LogP contribution >= 0.6 is 0 Å². The number of hydrogen-bond acceptors (Lipinski definition) is 5. The Bertz CT molecular complexity index is 998. The Morgan fingerprint density at radius 1 is 1.36 bits per heavy atom. The molecule has 0 aliphatic carbocycles. The van der Waals surface area contributed by atoms with Crippen LogP contribution in [0.3, 0.4) is 0 Å². The lowest BCUT2D eigenvalue weighted by Gasteiger charge is -2.33. The number of carbonyl (C=O) groups excluding carboxylic acids is 1. The molecule has 1 atom stereocenters. The summed E-state index contributed by atoms with van der Waals surface area (Å²) in [7, 11) is 1.93. The van der Waals surface area contributed by atoms with Crippen molar-refractivity contribution in [2.45, 2.75) is 19.8 Å². The van der Waals surface area contributed by atoms with Gasteiger partial charge in [-0.15, -0.1) is 0 Å². The number of rotatable bonds is 4. The first kappa shape index (κ1) is 18.6. The fourth-order valence-corrected chi connectivity index (χ4v) is 3.91. The molecule has 2 aromatic heterocycles. The Kier molecular flexibility index (Phi) is 5.09. The molecule has 6 nitrogen and oxygen atoms in total. The van der Waals surface area contributed by atoms with Crippen molar-refractivity contribution in [3.63, 3.8) is 0 Å². The van der Waals surface area contributed by atoms with Crippen molar-refractivity contribution in [3.05, 3.63) is 47.4 Å². The lowest BCUT2D eigenvalue weighted by atomic mass is 9.96. The number of carbonyl (C=O) groups is 1. The highest BCUT2D eigenvalue weighted by Gasteiger charge is 2.27. The number of benzene rings is 1. The van der Waals surface area contributed by atoms with E-state index in [1.165, 1.54) is 12.1 Å². The molecule has 1 fully saturated rings. The summed E-state index contributed by atoms with van der Waals surface area (Å²) < 4.78 is 18.7. The number of amides is 1. The summed E-state index contributed by atoms with van der Waals surface area (Å²) in [5, 5.41) is 7.85. The number of fused-ring (bicyclic) bond motifs is 1. The Morgan fingerprint density at radius 3 is 2.89 bits per heavy atom. The molecule has 1 unspecified atom stereocenters. The van der Waals surface area contributed by atoms with Crippen molar-refractivity contribution >= 4 is 17.0 Å². The van der Waals surface area contributed by atoms with Gasteiger partial charge in [-0.2, -0.15) is 0 Å². The maximum Gasteiger partial charge on any atom is 0.259 e. The second-order valence-corrected chi connectivity index (χ2v) is 7.33. The van der Waals surface area contributed by atoms with Crippen molar-refractivity contribution in [2.24, 2.45) is 5.92 Å². The monoisotopic (exact) mass is 382 g/mol. The van der Waals surface area contributed by atoms with Crippen LogP contribution in [0.5, 0.6) is 0 Å². The van der Waals surface area contributed by atoms with Crippen molar-refractivity contribution in [2.75, 3.05) is 26.7 Å². The molecule has 7 heteroatoms. The van der Waals surface area contributed by atoms with Gasteiger partial charge in [-0.3, -0.25) is 4.79 Å². The van der Waals surface area contributed by atoms with Crippen LogP contribution in [0.25, 0.3) is 22.4 Å². The lowest BCUT2D eigenvalue weighted by Crippen LogP contribution is -2.42. The average molecular weight is 382 g/mol. The molecular formula is C21H23FN4O2. The number of halogens is 1. The smallest absolute Gasteiger partial charge is 0.259 e.